The van der Waals surface area contributed by atoms with Crippen LogP contribution in [0.15, 0.2) is 78.9 Å². The normalized spacial score (nSPS) is 10.2. The second kappa shape index (κ2) is 9.06. The van der Waals surface area contributed by atoms with Gasteiger partial charge in [-0.05, 0) is 48.5 Å². The third-order valence-electron chi connectivity index (χ3n) is 4.18. The fourth-order valence-electron chi connectivity index (χ4n) is 2.64. The van der Waals surface area contributed by atoms with Gasteiger partial charge in [-0.2, -0.15) is 0 Å². The molecule has 0 unspecified atom stereocenters. The zero-order valence-corrected chi connectivity index (χ0v) is 16.1. The van der Waals surface area contributed by atoms with E-state index in [2.05, 4.69) is 10.6 Å². The molecule has 0 saturated carbocycles. The summed E-state index contributed by atoms with van der Waals surface area (Å²) < 4.78 is 0. The Hall–Kier alpha value is -3.31. The third-order valence-corrected chi connectivity index (χ3v) is 4.51. The maximum atomic E-state index is 12.6. The molecule has 0 saturated heterocycles. The number of para-hydroxylation sites is 2. The number of anilines is 3. The van der Waals surface area contributed by atoms with Crippen molar-refractivity contribution in [3.8, 4) is 0 Å². The van der Waals surface area contributed by atoms with Crippen LogP contribution in [0, 0.1) is 0 Å². The maximum Gasteiger partial charge on any atom is 0.258 e. The predicted octanol–water partition coefficient (Wildman–Crippen LogP) is 4.67. The lowest BCUT2D eigenvalue weighted by atomic mass is 10.1. The van der Waals surface area contributed by atoms with Gasteiger partial charge in [-0.25, -0.2) is 0 Å². The minimum absolute atomic E-state index is 0.0845. The Labute approximate surface area is 168 Å². The molecule has 3 aromatic rings. The van der Waals surface area contributed by atoms with Crippen LogP contribution in [0.3, 0.4) is 0 Å². The van der Waals surface area contributed by atoms with Gasteiger partial charge in [-0.3, -0.25) is 9.59 Å². The van der Waals surface area contributed by atoms with Crippen molar-refractivity contribution in [2.24, 2.45) is 0 Å². The average molecular weight is 394 g/mol. The lowest BCUT2D eigenvalue weighted by molar-refractivity contribution is -0.114. The van der Waals surface area contributed by atoms with Gasteiger partial charge in [0.25, 0.3) is 5.91 Å². The Morgan fingerprint density at radius 1 is 0.893 bits per heavy atom. The molecule has 5 nitrogen and oxygen atoms in total. The number of nitrogens with zero attached hydrogens (tertiary/aromatic N) is 1. The van der Waals surface area contributed by atoms with E-state index < -0.39 is 0 Å². The third kappa shape index (κ3) is 4.90. The number of carbonyl (C=O) groups is 2. The van der Waals surface area contributed by atoms with Crippen molar-refractivity contribution in [2.75, 3.05) is 29.1 Å². The highest BCUT2D eigenvalue weighted by atomic mass is 35.5. The lowest BCUT2D eigenvalue weighted by Gasteiger charge is -2.17. The van der Waals surface area contributed by atoms with Crippen LogP contribution in [-0.4, -0.2) is 25.4 Å². The number of carbonyl (C=O) groups excluding carboxylic acids is 2. The smallest absolute Gasteiger partial charge is 0.258 e. The van der Waals surface area contributed by atoms with Crippen molar-refractivity contribution >= 4 is 40.5 Å². The maximum absolute atomic E-state index is 12.6. The minimum atomic E-state index is -0.208. The lowest BCUT2D eigenvalue weighted by Crippen LogP contribution is -2.26. The first-order valence-electron chi connectivity index (χ1n) is 8.76. The van der Waals surface area contributed by atoms with Gasteiger partial charge >= 0.3 is 0 Å². The second-order valence-electron chi connectivity index (χ2n) is 6.16. The summed E-state index contributed by atoms with van der Waals surface area (Å²) >= 11 is 6.05. The SMILES string of the molecule is CN(C(=O)c1ccc(NC(=O)CNc2ccccc2Cl)cc1)c1ccccc1. The molecule has 3 rings (SSSR count). The zero-order chi connectivity index (χ0) is 19.9. The van der Waals surface area contributed by atoms with Crippen molar-refractivity contribution < 1.29 is 9.59 Å². The minimum Gasteiger partial charge on any atom is -0.375 e. The monoisotopic (exact) mass is 393 g/mol. The number of rotatable bonds is 6. The molecule has 0 radical (unpaired) electrons. The number of nitrogens with one attached hydrogen (secondary N) is 2. The van der Waals surface area contributed by atoms with E-state index in [4.69, 9.17) is 11.6 Å². The van der Waals surface area contributed by atoms with E-state index in [1.54, 1.807) is 48.3 Å². The Bertz CT molecular complexity index is 959. The molecule has 0 aliphatic rings. The molecule has 3 aromatic carbocycles. The molecular weight excluding hydrogens is 374 g/mol. The number of halogens is 1. The van der Waals surface area contributed by atoms with E-state index in [1.165, 1.54) is 0 Å². The zero-order valence-electron chi connectivity index (χ0n) is 15.4. The summed E-state index contributed by atoms with van der Waals surface area (Å²) in [6.07, 6.45) is 0. The number of benzene rings is 3. The molecule has 0 heterocycles. The molecule has 0 aromatic heterocycles. The summed E-state index contributed by atoms with van der Waals surface area (Å²) in [5, 5.41) is 6.34. The van der Waals surface area contributed by atoms with Gasteiger partial charge in [0.1, 0.15) is 0 Å². The fourth-order valence-corrected chi connectivity index (χ4v) is 2.85. The van der Waals surface area contributed by atoms with Crippen LogP contribution < -0.4 is 15.5 Å². The van der Waals surface area contributed by atoms with Gasteiger partial charge in [0.05, 0.1) is 17.3 Å². The van der Waals surface area contributed by atoms with Crippen molar-refractivity contribution in [3.63, 3.8) is 0 Å². The molecule has 0 spiro atoms. The molecule has 6 heteroatoms. The summed E-state index contributed by atoms with van der Waals surface area (Å²) in [6.45, 7) is 0.0845. The van der Waals surface area contributed by atoms with Crippen molar-refractivity contribution in [3.05, 3.63) is 89.4 Å². The van der Waals surface area contributed by atoms with E-state index >= 15 is 0 Å². The number of hydrogen-bond acceptors (Lipinski definition) is 3. The van der Waals surface area contributed by atoms with Crippen molar-refractivity contribution in [1.29, 1.82) is 0 Å². The predicted molar refractivity (Wildman–Crippen MR) is 114 cm³/mol. The molecular formula is C22H20ClN3O2. The molecule has 142 valence electrons. The summed E-state index contributed by atoms with van der Waals surface area (Å²) in [5.41, 5.74) is 2.67. The molecule has 28 heavy (non-hydrogen) atoms. The Morgan fingerprint density at radius 3 is 2.21 bits per heavy atom. The highest BCUT2D eigenvalue weighted by Crippen LogP contribution is 2.20. The first-order chi connectivity index (χ1) is 13.5. The van der Waals surface area contributed by atoms with E-state index in [1.807, 2.05) is 42.5 Å². The highest BCUT2D eigenvalue weighted by molar-refractivity contribution is 6.33. The molecule has 0 atom stereocenters. The fraction of sp³-hybridized carbons (Fsp3) is 0.0909. The standard InChI is InChI=1S/C22H20ClN3O2/c1-26(18-7-3-2-4-8-18)22(28)16-11-13-17(14-12-16)25-21(27)15-24-20-10-6-5-9-19(20)23/h2-14,24H,15H2,1H3,(H,25,27). The van der Waals surface area contributed by atoms with Crippen LogP contribution in [-0.2, 0) is 4.79 Å². The first-order valence-corrected chi connectivity index (χ1v) is 9.14. The molecule has 0 aliphatic heterocycles. The van der Waals surface area contributed by atoms with Gasteiger partial charge in [0.15, 0.2) is 0 Å². The average Bonchev–Trinajstić information content (AvgIpc) is 2.73. The largest absolute Gasteiger partial charge is 0.375 e. The van der Waals surface area contributed by atoms with Crippen molar-refractivity contribution in [1.82, 2.24) is 0 Å². The van der Waals surface area contributed by atoms with Gasteiger partial charge in [-0.15, -0.1) is 0 Å². The van der Waals surface area contributed by atoms with Crippen LogP contribution in [0.2, 0.25) is 5.02 Å². The highest BCUT2D eigenvalue weighted by Gasteiger charge is 2.13. The van der Waals surface area contributed by atoms with Crippen LogP contribution in [0.1, 0.15) is 10.4 Å². The molecule has 2 amide bonds. The number of amides is 2. The molecule has 2 N–H and O–H groups in total. The summed E-state index contributed by atoms with van der Waals surface area (Å²) in [4.78, 5) is 26.3. The molecule has 0 bridgehead atoms. The van der Waals surface area contributed by atoms with Gasteiger partial charge < -0.3 is 15.5 Å². The van der Waals surface area contributed by atoms with Crippen LogP contribution in [0.25, 0.3) is 0 Å². The van der Waals surface area contributed by atoms with E-state index in [9.17, 15) is 9.59 Å². The van der Waals surface area contributed by atoms with E-state index in [0.717, 1.165) is 5.69 Å². The van der Waals surface area contributed by atoms with Gasteiger partial charge in [-0.1, -0.05) is 41.9 Å². The summed E-state index contributed by atoms with van der Waals surface area (Å²) in [5.74, 6) is -0.329. The van der Waals surface area contributed by atoms with Gasteiger partial charge in [0.2, 0.25) is 5.91 Å². The van der Waals surface area contributed by atoms with E-state index in [-0.39, 0.29) is 18.4 Å². The van der Waals surface area contributed by atoms with Crippen LogP contribution in [0.5, 0.6) is 0 Å². The summed E-state index contributed by atoms with van der Waals surface area (Å²) in [7, 11) is 1.73. The van der Waals surface area contributed by atoms with E-state index in [0.29, 0.717) is 22.0 Å². The topological polar surface area (TPSA) is 61.4 Å². The van der Waals surface area contributed by atoms with Crippen LogP contribution >= 0.6 is 11.6 Å². The Morgan fingerprint density at radius 2 is 1.54 bits per heavy atom. The first kappa shape index (κ1) is 19.5. The molecule has 0 aliphatic carbocycles. The quantitative estimate of drug-likeness (QED) is 0.639. The molecule has 0 fully saturated rings. The number of hydrogen-bond donors (Lipinski definition) is 2. The summed E-state index contributed by atoms with van der Waals surface area (Å²) in [6, 6.07) is 23.4. The Kier molecular flexibility index (Phi) is 6.29. The second-order valence-corrected chi connectivity index (χ2v) is 6.57. The van der Waals surface area contributed by atoms with Crippen molar-refractivity contribution in [2.45, 2.75) is 0 Å². The Balaban J connectivity index is 1.57. The van der Waals surface area contributed by atoms with Crippen LogP contribution in [0.4, 0.5) is 17.1 Å². The van der Waals surface area contributed by atoms with Gasteiger partial charge in [0, 0.05) is 24.0 Å².